The Kier molecular flexibility index (Phi) is 5.74. The fourth-order valence-corrected chi connectivity index (χ4v) is 0.658. The quantitative estimate of drug-likeness (QED) is 0.446. The van der Waals surface area contributed by atoms with Crippen LogP contribution in [0.4, 0.5) is 5.69 Å². The highest BCUT2D eigenvalue weighted by Crippen LogP contribution is 2.10. The number of halogens is 2. The zero-order valence-corrected chi connectivity index (χ0v) is 9.83. The van der Waals surface area contributed by atoms with Crippen LogP contribution in [0.15, 0.2) is 24.3 Å². The lowest BCUT2D eigenvalue weighted by Gasteiger charge is -1.88. The van der Waals surface area contributed by atoms with Gasteiger partial charge in [-0.05, 0) is 12.1 Å². The van der Waals surface area contributed by atoms with E-state index in [2.05, 4.69) is 21.4 Å². The lowest BCUT2D eigenvalue weighted by molar-refractivity contribution is -0.384. The van der Waals surface area contributed by atoms with Gasteiger partial charge in [0.05, 0.1) is 16.6 Å². The first-order chi connectivity index (χ1) is 7.24. The molecule has 86 valence electrons. The van der Waals surface area contributed by atoms with Crippen molar-refractivity contribution in [1.29, 1.82) is 5.26 Å². The Hall–Kier alpha value is -1.36. The monoisotopic (exact) mass is 282 g/mol. The Morgan fingerprint density at radius 2 is 1.62 bits per heavy atom. The van der Waals surface area contributed by atoms with E-state index in [0.29, 0.717) is 5.56 Å². The normalized spacial score (nSPS) is 9.56. The highest BCUT2D eigenvalue weighted by atomic mass is 36.0. The molecule has 0 bridgehead atoms. The maximum atomic E-state index is 10.1. The zero-order valence-electron chi connectivity index (χ0n) is 7.50. The van der Waals surface area contributed by atoms with Crippen LogP contribution in [0.2, 0.25) is 0 Å². The first kappa shape index (κ1) is 14.6. The van der Waals surface area contributed by atoms with E-state index in [1.165, 1.54) is 24.3 Å². The van der Waals surface area contributed by atoms with Gasteiger partial charge in [0.15, 0.2) is 0 Å². The maximum Gasteiger partial charge on any atom is 0.317 e. The molecule has 6 nitrogen and oxygen atoms in total. The molecule has 0 heterocycles. The smallest absolute Gasteiger partial charge is 0.258 e. The average molecular weight is 283 g/mol. The van der Waals surface area contributed by atoms with E-state index in [4.69, 9.17) is 13.7 Å². The molecule has 1 aromatic rings. The van der Waals surface area contributed by atoms with Crippen LogP contribution in [0.1, 0.15) is 5.56 Å². The van der Waals surface area contributed by atoms with E-state index in [9.17, 15) is 10.1 Å². The summed E-state index contributed by atoms with van der Waals surface area (Å²) in [7, 11) is 4.81. The molecule has 0 aliphatic heterocycles. The van der Waals surface area contributed by atoms with Gasteiger partial charge < -0.3 is 0 Å². The first-order valence-electron chi connectivity index (χ1n) is 3.53. The lowest BCUT2D eigenvalue weighted by atomic mass is 10.2. The number of hydrogen-bond acceptors (Lipinski definition) is 5. The third-order valence-corrected chi connectivity index (χ3v) is 1.21. The van der Waals surface area contributed by atoms with Gasteiger partial charge in [0.1, 0.15) is 0 Å². The van der Waals surface area contributed by atoms with E-state index >= 15 is 0 Å². The SMILES string of the molecule is N#Cc1ccc([N+](=O)[O-])cc1.O=S(=O)(Cl)Cl. The Morgan fingerprint density at radius 1 is 1.25 bits per heavy atom. The molecule has 0 aliphatic rings. The molecule has 0 atom stereocenters. The molecule has 0 saturated carbocycles. The summed E-state index contributed by atoms with van der Waals surface area (Å²) < 4.78 is 18.3. The van der Waals surface area contributed by atoms with Crippen LogP contribution >= 0.6 is 21.4 Å². The Morgan fingerprint density at radius 3 is 1.88 bits per heavy atom. The minimum absolute atomic E-state index is 0.00370. The Labute approximate surface area is 100 Å². The van der Waals surface area contributed by atoms with Gasteiger partial charge in [-0.25, -0.2) is 0 Å². The number of nitriles is 1. The van der Waals surface area contributed by atoms with E-state index < -0.39 is 13.2 Å². The minimum Gasteiger partial charge on any atom is -0.258 e. The van der Waals surface area contributed by atoms with Gasteiger partial charge in [-0.15, -0.1) is 0 Å². The van der Waals surface area contributed by atoms with Crippen molar-refractivity contribution in [1.82, 2.24) is 0 Å². The van der Waals surface area contributed by atoms with Crippen molar-refractivity contribution in [3.63, 3.8) is 0 Å². The minimum atomic E-state index is -3.72. The van der Waals surface area contributed by atoms with Crippen LogP contribution in [-0.4, -0.2) is 13.3 Å². The molecule has 1 rings (SSSR count). The topological polar surface area (TPSA) is 101 Å². The predicted octanol–water partition coefficient (Wildman–Crippen LogP) is 2.18. The van der Waals surface area contributed by atoms with Gasteiger partial charge in [0.2, 0.25) is 0 Å². The summed E-state index contributed by atoms with van der Waals surface area (Å²) >= 11 is 0. The Balaban J connectivity index is 0.000000385. The molecule has 1 aromatic carbocycles. The molecule has 0 fully saturated rings. The number of hydrogen-bond donors (Lipinski definition) is 0. The molecule has 0 aromatic heterocycles. The predicted molar refractivity (Wildman–Crippen MR) is 58.4 cm³/mol. The van der Waals surface area contributed by atoms with Gasteiger partial charge in [-0.1, -0.05) is 0 Å². The van der Waals surface area contributed by atoms with Crippen molar-refractivity contribution < 1.29 is 13.3 Å². The molecule has 16 heavy (non-hydrogen) atoms. The number of nitro groups is 1. The molecule has 0 aliphatic carbocycles. The Bertz CT molecular complexity index is 498. The standard InChI is InChI=1S/C7H4N2O2.Cl2O2S/c8-5-6-1-3-7(4-2-6)9(10)11;1-5(2,3)4/h1-4H;. The molecular formula is C7H4Cl2N2O4S. The van der Waals surface area contributed by atoms with Crippen molar-refractivity contribution in [2.75, 3.05) is 0 Å². The summed E-state index contributed by atoms with van der Waals surface area (Å²) in [6, 6.07) is 7.31. The maximum absolute atomic E-state index is 10.1. The molecule has 0 N–H and O–H groups in total. The van der Waals surface area contributed by atoms with E-state index in [1.807, 2.05) is 6.07 Å². The van der Waals surface area contributed by atoms with Crippen molar-refractivity contribution in [2.24, 2.45) is 0 Å². The van der Waals surface area contributed by atoms with Gasteiger partial charge in [0.25, 0.3) is 5.69 Å². The summed E-state index contributed by atoms with van der Waals surface area (Å²) in [4.78, 5) is 9.62. The number of non-ortho nitro benzene ring substituents is 1. The highest BCUT2D eigenvalue weighted by molar-refractivity contribution is 8.31. The second kappa shape index (κ2) is 6.27. The van der Waals surface area contributed by atoms with E-state index in [1.54, 1.807) is 0 Å². The van der Waals surface area contributed by atoms with Crippen LogP contribution in [0.5, 0.6) is 0 Å². The van der Waals surface area contributed by atoms with Crippen LogP contribution in [0.3, 0.4) is 0 Å². The first-order valence-corrected chi connectivity index (χ1v) is 6.66. The number of benzene rings is 1. The van der Waals surface area contributed by atoms with Crippen molar-refractivity contribution in [3.05, 3.63) is 39.9 Å². The fourth-order valence-electron chi connectivity index (χ4n) is 0.658. The summed E-state index contributed by atoms with van der Waals surface area (Å²) in [6.45, 7) is 0. The summed E-state index contributed by atoms with van der Waals surface area (Å²) in [5.41, 5.74) is 0.430. The third-order valence-electron chi connectivity index (χ3n) is 1.21. The largest absolute Gasteiger partial charge is 0.317 e. The molecule has 0 amide bonds. The van der Waals surface area contributed by atoms with Crippen LogP contribution in [0.25, 0.3) is 0 Å². The van der Waals surface area contributed by atoms with Crippen LogP contribution in [0, 0.1) is 21.4 Å². The molecule has 0 unspecified atom stereocenters. The molecule has 0 radical (unpaired) electrons. The average Bonchev–Trinajstić information content (AvgIpc) is 2.15. The van der Waals surface area contributed by atoms with Crippen molar-refractivity contribution in [3.8, 4) is 6.07 Å². The summed E-state index contributed by atoms with van der Waals surface area (Å²) in [5, 5.41) is 18.5. The number of nitro benzene ring substituents is 1. The molecular weight excluding hydrogens is 279 g/mol. The second-order valence-corrected chi connectivity index (χ2v) is 5.96. The fraction of sp³-hybridized carbons (Fsp3) is 0. The zero-order chi connectivity index (χ0) is 12.8. The van der Waals surface area contributed by atoms with Gasteiger partial charge in [-0.3, -0.25) is 10.1 Å². The van der Waals surface area contributed by atoms with E-state index in [0.717, 1.165) is 0 Å². The highest BCUT2D eigenvalue weighted by Gasteiger charge is 2.02. The second-order valence-electron chi connectivity index (χ2n) is 2.29. The van der Waals surface area contributed by atoms with Gasteiger partial charge >= 0.3 is 8.26 Å². The number of nitrogens with zero attached hydrogens (tertiary/aromatic N) is 2. The molecule has 0 saturated heterocycles. The van der Waals surface area contributed by atoms with Crippen molar-refractivity contribution in [2.45, 2.75) is 0 Å². The molecule has 9 heteroatoms. The van der Waals surface area contributed by atoms with Gasteiger partial charge in [-0.2, -0.15) is 13.7 Å². The summed E-state index contributed by atoms with van der Waals surface area (Å²) in [5.74, 6) is 0. The third kappa shape index (κ3) is 7.99. The summed E-state index contributed by atoms with van der Waals surface area (Å²) in [6.07, 6.45) is 0. The number of rotatable bonds is 1. The van der Waals surface area contributed by atoms with Crippen LogP contribution in [-0.2, 0) is 8.26 Å². The van der Waals surface area contributed by atoms with E-state index in [-0.39, 0.29) is 5.69 Å². The van der Waals surface area contributed by atoms with Crippen molar-refractivity contribution >= 4 is 35.3 Å². The molecule has 0 spiro atoms. The lowest BCUT2D eigenvalue weighted by Crippen LogP contribution is -1.86. The van der Waals surface area contributed by atoms with Crippen LogP contribution < -0.4 is 0 Å². The van der Waals surface area contributed by atoms with Gasteiger partial charge in [0, 0.05) is 33.5 Å².